The quantitative estimate of drug-likeness (QED) is 0.439. The standard InChI is InChI=1S/C25H17NO7/c1-29-21(27)11-16-14-3-2-8-26-25(14)33-18-7-5-15-23(28)20(32-24(15)22(16)18)10-13-4-6-17-19(9-13)31-12-30-17/h2-10,16H,11-12H2,1H3. The predicted molar refractivity (Wildman–Crippen MR) is 115 cm³/mol. The molecular weight excluding hydrogens is 426 g/mol. The topological polar surface area (TPSA) is 93.2 Å². The van der Waals surface area contributed by atoms with Gasteiger partial charge in [-0.1, -0.05) is 12.1 Å². The van der Waals surface area contributed by atoms with Crippen molar-refractivity contribution in [2.45, 2.75) is 12.3 Å². The number of carbonyl (C=O) groups is 2. The maximum Gasteiger partial charge on any atom is 0.306 e. The lowest BCUT2D eigenvalue weighted by molar-refractivity contribution is -0.140. The Morgan fingerprint density at radius 2 is 1.97 bits per heavy atom. The van der Waals surface area contributed by atoms with Crippen LogP contribution in [0.5, 0.6) is 28.9 Å². The number of nitrogens with zero attached hydrogens (tertiary/aromatic N) is 1. The van der Waals surface area contributed by atoms with Gasteiger partial charge in [0.15, 0.2) is 17.3 Å². The predicted octanol–water partition coefficient (Wildman–Crippen LogP) is 4.23. The van der Waals surface area contributed by atoms with Crippen LogP contribution in [0.3, 0.4) is 0 Å². The second kappa shape index (κ2) is 7.37. The molecule has 2 aromatic carbocycles. The van der Waals surface area contributed by atoms with Crippen molar-refractivity contribution in [3.05, 3.63) is 76.7 Å². The first-order valence-corrected chi connectivity index (χ1v) is 10.3. The molecule has 1 unspecified atom stereocenters. The molecule has 0 bridgehead atoms. The molecule has 3 aliphatic rings. The Labute approximate surface area is 188 Å². The number of rotatable bonds is 3. The van der Waals surface area contributed by atoms with Gasteiger partial charge in [-0.2, -0.15) is 0 Å². The molecule has 164 valence electrons. The number of Topliss-reactive ketones (excluding diaryl/α,β-unsaturated/α-hetero) is 1. The minimum Gasteiger partial charge on any atom is -0.469 e. The van der Waals surface area contributed by atoms with Gasteiger partial charge in [-0.25, -0.2) is 4.98 Å². The number of benzene rings is 2. The van der Waals surface area contributed by atoms with Crippen LogP contribution < -0.4 is 18.9 Å². The second-order valence-corrected chi connectivity index (χ2v) is 7.74. The van der Waals surface area contributed by atoms with Gasteiger partial charge in [0.2, 0.25) is 18.5 Å². The van der Waals surface area contributed by atoms with Crippen molar-refractivity contribution in [1.82, 2.24) is 4.98 Å². The van der Waals surface area contributed by atoms with E-state index in [-0.39, 0.29) is 30.7 Å². The van der Waals surface area contributed by atoms with E-state index < -0.39 is 5.92 Å². The monoisotopic (exact) mass is 443 g/mol. The molecule has 4 heterocycles. The number of fused-ring (bicyclic) bond motifs is 5. The van der Waals surface area contributed by atoms with Crippen LogP contribution >= 0.6 is 0 Å². The normalized spacial score (nSPS) is 18.2. The smallest absolute Gasteiger partial charge is 0.306 e. The molecule has 0 amide bonds. The number of hydrogen-bond donors (Lipinski definition) is 0. The summed E-state index contributed by atoms with van der Waals surface area (Å²) in [5.41, 5.74) is 2.50. The molecule has 0 N–H and O–H groups in total. The van der Waals surface area contributed by atoms with Crippen LogP contribution in [0.15, 0.2) is 54.4 Å². The molecule has 3 aromatic rings. The molecule has 1 aromatic heterocycles. The lowest BCUT2D eigenvalue weighted by Gasteiger charge is -2.27. The van der Waals surface area contributed by atoms with Crippen LogP contribution in [0.25, 0.3) is 6.08 Å². The Morgan fingerprint density at radius 3 is 2.85 bits per heavy atom. The summed E-state index contributed by atoms with van der Waals surface area (Å²) in [6.07, 6.45) is 3.34. The number of pyridine rings is 1. The van der Waals surface area contributed by atoms with Gasteiger partial charge in [-0.15, -0.1) is 0 Å². The molecule has 8 nitrogen and oxygen atoms in total. The number of aromatic nitrogens is 1. The molecule has 3 aliphatic heterocycles. The van der Waals surface area contributed by atoms with E-state index >= 15 is 0 Å². The lowest BCUT2D eigenvalue weighted by atomic mass is 9.85. The fourth-order valence-corrected chi connectivity index (χ4v) is 4.30. The van der Waals surface area contributed by atoms with Crippen molar-refractivity contribution in [3.63, 3.8) is 0 Å². The van der Waals surface area contributed by atoms with Gasteiger partial charge >= 0.3 is 5.97 Å². The van der Waals surface area contributed by atoms with Crippen molar-refractivity contribution in [1.29, 1.82) is 0 Å². The molecule has 0 saturated heterocycles. The van der Waals surface area contributed by atoms with E-state index in [4.69, 9.17) is 23.7 Å². The molecular formula is C25H17NO7. The number of methoxy groups -OCH3 is 1. The SMILES string of the molecule is COC(=O)CC1c2cccnc2Oc2ccc3c(c21)OC(=Cc1ccc2c(c1)OCO2)C3=O. The van der Waals surface area contributed by atoms with Crippen molar-refractivity contribution in [2.24, 2.45) is 0 Å². The highest BCUT2D eigenvalue weighted by molar-refractivity contribution is 6.15. The third kappa shape index (κ3) is 3.10. The van der Waals surface area contributed by atoms with Crippen molar-refractivity contribution in [3.8, 4) is 28.9 Å². The molecule has 0 radical (unpaired) electrons. The number of ketones is 1. The molecule has 33 heavy (non-hydrogen) atoms. The third-order valence-electron chi connectivity index (χ3n) is 5.86. The van der Waals surface area contributed by atoms with E-state index in [2.05, 4.69) is 4.98 Å². The minimum absolute atomic E-state index is 0.0563. The molecule has 1 atom stereocenters. The van der Waals surface area contributed by atoms with Gasteiger partial charge in [-0.05, 0) is 42.0 Å². The summed E-state index contributed by atoms with van der Waals surface area (Å²) in [5, 5.41) is 0. The summed E-state index contributed by atoms with van der Waals surface area (Å²) >= 11 is 0. The van der Waals surface area contributed by atoms with Crippen LogP contribution in [-0.2, 0) is 9.53 Å². The number of ether oxygens (including phenoxy) is 5. The number of esters is 1. The van der Waals surface area contributed by atoms with Crippen molar-refractivity contribution >= 4 is 17.8 Å². The Balaban J connectivity index is 1.43. The Bertz CT molecular complexity index is 1360. The van der Waals surface area contributed by atoms with Gasteiger partial charge in [0.25, 0.3) is 0 Å². The average Bonchev–Trinajstić information content (AvgIpc) is 3.42. The largest absolute Gasteiger partial charge is 0.469 e. The fourth-order valence-electron chi connectivity index (χ4n) is 4.30. The van der Waals surface area contributed by atoms with Crippen LogP contribution in [0.1, 0.15) is 39.4 Å². The molecule has 0 saturated carbocycles. The van der Waals surface area contributed by atoms with Crippen LogP contribution in [0, 0.1) is 0 Å². The van der Waals surface area contributed by atoms with Gasteiger partial charge in [0.1, 0.15) is 11.5 Å². The number of carbonyl (C=O) groups excluding carboxylic acids is 2. The summed E-state index contributed by atoms with van der Waals surface area (Å²) in [4.78, 5) is 29.7. The highest BCUT2D eigenvalue weighted by Crippen LogP contribution is 2.52. The Hall–Kier alpha value is -4.33. The zero-order valence-electron chi connectivity index (χ0n) is 17.5. The van der Waals surface area contributed by atoms with E-state index in [1.165, 1.54) is 7.11 Å². The summed E-state index contributed by atoms with van der Waals surface area (Å²) < 4.78 is 27.7. The summed E-state index contributed by atoms with van der Waals surface area (Å²) in [6, 6.07) is 12.4. The van der Waals surface area contributed by atoms with E-state index in [1.807, 2.05) is 12.1 Å². The zero-order valence-corrected chi connectivity index (χ0v) is 17.5. The number of hydrogen-bond acceptors (Lipinski definition) is 8. The minimum atomic E-state index is -0.433. The molecule has 0 spiro atoms. The van der Waals surface area contributed by atoms with Gasteiger partial charge in [-0.3, -0.25) is 9.59 Å². The molecule has 0 fully saturated rings. The summed E-state index contributed by atoms with van der Waals surface area (Å²) in [5.74, 6) is 1.66. The van der Waals surface area contributed by atoms with Gasteiger partial charge < -0.3 is 23.7 Å². The first-order chi connectivity index (χ1) is 16.1. The second-order valence-electron chi connectivity index (χ2n) is 7.74. The average molecular weight is 443 g/mol. The van der Waals surface area contributed by atoms with E-state index in [1.54, 1.807) is 42.6 Å². The Morgan fingerprint density at radius 1 is 1.12 bits per heavy atom. The molecule has 8 heteroatoms. The molecule has 6 rings (SSSR count). The van der Waals surface area contributed by atoms with E-state index in [9.17, 15) is 9.59 Å². The van der Waals surface area contributed by atoms with Crippen molar-refractivity contribution in [2.75, 3.05) is 13.9 Å². The zero-order chi connectivity index (χ0) is 22.5. The van der Waals surface area contributed by atoms with Gasteiger partial charge in [0.05, 0.1) is 19.1 Å². The lowest BCUT2D eigenvalue weighted by Crippen LogP contribution is -2.16. The van der Waals surface area contributed by atoms with Crippen molar-refractivity contribution < 1.29 is 33.3 Å². The third-order valence-corrected chi connectivity index (χ3v) is 5.86. The first kappa shape index (κ1) is 19.4. The van der Waals surface area contributed by atoms with Crippen LogP contribution in [0.4, 0.5) is 0 Å². The summed E-state index contributed by atoms with van der Waals surface area (Å²) in [6.45, 7) is 0.167. The maximum atomic E-state index is 13.2. The highest BCUT2D eigenvalue weighted by atomic mass is 16.7. The van der Waals surface area contributed by atoms with E-state index in [0.717, 1.165) is 11.1 Å². The first-order valence-electron chi connectivity index (χ1n) is 10.3. The summed E-state index contributed by atoms with van der Waals surface area (Å²) in [7, 11) is 1.34. The molecule has 0 aliphatic carbocycles. The maximum absolute atomic E-state index is 13.2. The number of allylic oxidation sites excluding steroid dienone is 1. The van der Waals surface area contributed by atoms with E-state index in [0.29, 0.717) is 40.0 Å². The fraction of sp³-hybridized carbons (Fsp3) is 0.160. The van der Waals surface area contributed by atoms with Crippen LogP contribution in [-0.4, -0.2) is 30.6 Å². The van der Waals surface area contributed by atoms with Gasteiger partial charge in [0, 0.05) is 23.2 Å². The van der Waals surface area contributed by atoms with Crippen LogP contribution in [0.2, 0.25) is 0 Å². The highest BCUT2D eigenvalue weighted by Gasteiger charge is 2.39. The Kier molecular flexibility index (Phi) is 4.33.